The monoisotopic (exact) mass is 230 g/mol. The summed E-state index contributed by atoms with van der Waals surface area (Å²) < 4.78 is 1.95. The van der Waals surface area contributed by atoms with E-state index in [1.807, 2.05) is 29.9 Å². The maximum absolute atomic E-state index is 6.31. The Hall–Kier alpha value is -1.68. The van der Waals surface area contributed by atoms with Gasteiger partial charge in [0.05, 0.1) is 17.4 Å². The number of nitrogens with zero attached hydrogens (tertiary/aromatic N) is 3. The molecule has 0 radical (unpaired) electrons. The van der Waals surface area contributed by atoms with Gasteiger partial charge in [0.1, 0.15) is 0 Å². The van der Waals surface area contributed by atoms with Crippen LogP contribution in [0, 0.1) is 13.8 Å². The first-order valence-electron chi connectivity index (χ1n) is 5.84. The second kappa shape index (κ2) is 4.67. The van der Waals surface area contributed by atoms with Gasteiger partial charge in [0.25, 0.3) is 0 Å². The molecule has 0 aliphatic carbocycles. The van der Waals surface area contributed by atoms with E-state index in [2.05, 4.69) is 23.9 Å². The Morgan fingerprint density at radius 1 is 1.41 bits per heavy atom. The van der Waals surface area contributed by atoms with Gasteiger partial charge < -0.3 is 5.73 Å². The average molecular weight is 230 g/mol. The molecular weight excluding hydrogens is 212 g/mol. The highest BCUT2D eigenvalue weighted by atomic mass is 15.3. The summed E-state index contributed by atoms with van der Waals surface area (Å²) in [6.07, 6.45) is 3.62. The quantitative estimate of drug-likeness (QED) is 0.877. The first-order valence-corrected chi connectivity index (χ1v) is 5.84. The Bertz CT molecular complexity index is 516. The zero-order valence-corrected chi connectivity index (χ0v) is 10.5. The van der Waals surface area contributed by atoms with Crippen LogP contribution >= 0.6 is 0 Å². The predicted molar refractivity (Wildman–Crippen MR) is 67.6 cm³/mol. The van der Waals surface area contributed by atoms with Crippen molar-refractivity contribution in [2.75, 3.05) is 0 Å². The second-order valence-corrected chi connectivity index (χ2v) is 4.24. The molecule has 0 aromatic carbocycles. The molecule has 1 atom stereocenters. The SMILES string of the molecule is CCn1nc(C)cc1C(N)c1cnccc1C. The van der Waals surface area contributed by atoms with Crippen molar-refractivity contribution < 1.29 is 0 Å². The lowest BCUT2D eigenvalue weighted by atomic mass is 10.0. The van der Waals surface area contributed by atoms with E-state index in [4.69, 9.17) is 5.73 Å². The van der Waals surface area contributed by atoms with Crippen molar-refractivity contribution in [3.63, 3.8) is 0 Å². The molecule has 4 nitrogen and oxygen atoms in total. The van der Waals surface area contributed by atoms with Gasteiger partial charge in [0.15, 0.2) is 0 Å². The molecule has 2 aromatic heterocycles. The van der Waals surface area contributed by atoms with Crippen LogP contribution in [0.25, 0.3) is 0 Å². The number of aromatic nitrogens is 3. The zero-order chi connectivity index (χ0) is 12.4. The molecule has 0 bridgehead atoms. The number of rotatable bonds is 3. The molecule has 2 aromatic rings. The lowest BCUT2D eigenvalue weighted by Crippen LogP contribution is -2.18. The summed E-state index contributed by atoms with van der Waals surface area (Å²) in [5.41, 5.74) is 10.6. The number of nitrogens with two attached hydrogens (primary N) is 1. The van der Waals surface area contributed by atoms with Crippen LogP contribution in [0.5, 0.6) is 0 Å². The van der Waals surface area contributed by atoms with Crippen molar-refractivity contribution in [1.82, 2.24) is 14.8 Å². The molecular formula is C13H18N4. The van der Waals surface area contributed by atoms with Crippen molar-refractivity contribution in [1.29, 1.82) is 0 Å². The highest BCUT2D eigenvalue weighted by Crippen LogP contribution is 2.22. The van der Waals surface area contributed by atoms with E-state index in [1.165, 1.54) is 0 Å². The van der Waals surface area contributed by atoms with Gasteiger partial charge in [0, 0.05) is 18.9 Å². The fraction of sp³-hybridized carbons (Fsp3) is 0.385. The Morgan fingerprint density at radius 3 is 2.82 bits per heavy atom. The molecule has 0 amide bonds. The molecule has 90 valence electrons. The molecule has 0 saturated carbocycles. The summed E-state index contributed by atoms with van der Waals surface area (Å²) in [5, 5.41) is 4.42. The third kappa shape index (κ3) is 2.22. The average Bonchev–Trinajstić information content (AvgIpc) is 2.70. The van der Waals surface area contributed by atoms with Crippen molar-refractivity contribution in [2.24, 2.45) is 5.73 Å². The normalized spacial score (nSPS) is 12.7. The third-order valence-corrected chi connectivity index (χ3v) is 2.97. The van der Waals surface area contributed by atoms with Gasteiger partial charge in [-0.1, -0.05) is 0 Å². The lowest BCUT2D eigenvalue weighted by Gasteiger charge is -2.15. The van der Waals surface area contributed by atoms with Gasteiger partial charge in [-0.25, -0.2) is 0 Å². The van der Waals surface area contributed by atoms with Gasteiger partial charge in [-0.15, -0.1) is 0 Å². The van der Waals surface area contributed by atoms with Crippen molar-refractivity contribution >= 4 is 0 Å². The molecule has 2 N–H and O–H groups in total. The molecule has 2 rings (SSSR count). The minimum absolute atomic E-state index is 0.162. The molecule has 17 heavy (non-hydrogen) atoms. The van der Waals surface area contributed by atoms with Gasteiger partial charge in [0.2, 0.25) is 0 Å². The Labute approximate surface area is 101 Å². The molecule has 0 fully saturated rings. The highest BCUT2D eigenvalue weighted by molar-refractivity contribution is 5.32. The van der Waals surface area contributed by atoms with E-state index in [0.717, 1.165) is 29.1 Å². The minimum atomic E-state index is -0.162. The molecule has 1 unspecified atom stereocenters. The van der Waals surface area contributed by atoms with Gasteiger partial charge in [-0.05, 0) is 44.0 Å². The third-order valence-electron chi connectivity index (χ3n) is 2.97. The molecule has 4 heteroatoms. The van der Waals surface area contributed by atoms with Crippen LogP contribution in [0.4, 0.5) is 0 Å². The topological polar surface area (TPSA) is 56.7 Å². The highest BCUT2D eigenvalue weighted by Gasteiger charge is 2.16. The van der Waals surface area contributed by atoms with Crippen molar-refractivity contribution in [3.05, 3.63) is 47.0 Å². The molecule has 2 heterocycles. The minimum Gasteiger partial charge on any atom is -0.319 e. The fourth-order valence-electron chi connectivity index (χ4n) is 2.03. The van der Waals surface area contributed by atoms with E-state index in [0.29, 0.717) is 0 Å². The summed E-state index contributed by atoms with van der Waals surface area (Å²) in [6, 6.07) is 3.86. The van der Waals surface area contributed by atoms with Crippen molar-refractivity contribution in [3.8, 4) is 0 Å². The summed E-state index contributed by atoms with van der Waals surface area (Å²) in [6.45, 7) is 6.93. The van der Waals surface area contributed by atoms with Crippen molar-refractivity contribution in [2.45, 2.75) is 33.4 Å². The van der Waals surface area contributed by atoms with Crippen LogP contribution in [-0.2, 0) is 6.54 Å². The Morgan fingerprint density at radius 2 is 2.18 bits per heavy atom. The van der Waals surface area contributed by atoms with E-state index in [1.54, 1.807) is 6.20 Å². The number of pyridine rings is 1. The first kappa shape index (κ1) is 11.8. The first-order chi connectivity index (χ1) is 8.13. The number of hydrogen-bond acceptors (Lipinski definition) is 3. The van der Waals surface area contributed by atoms with Crippen LogP contribution in [-0.4, -0.2) is 14.8 Å². The molecule has 0 saturated heterocycles. The van der Waals surface area contributed by atoms with Crippen LogP contribution in [0.3, 0.4) is 0 Å². The summed E-state index contributed by atoms with van der Waals surface area (Å²) in [7, 11) is 0. The molecule has 0 spiro atoms. The van der Waals surface area contributed by atoms with Crippen LogP contribution < -0.4 is 5.73 Å². The lowest BCUT2D eigenvalue weighted by molar-refractivity contribution is 0.596. The maximum atomic E-state index is 6.31. The fourth-order valence-corrected chi connectivity index (χ4v) is 2.03. The largest absolute Gasteiger partial charge is 0.319 e. The van der Waals surface area contributed by atoms with E-state index in [-0.39, 0.29) is 6.04 Å². The van der Waals surface area contributed by atoms with E-state index >= 15 is 0 Å². The summed E-state index contributed by atoms with van der Waals surface area (Å²) >= 11 is 0. The van der Waals surface area contributed by atoms with Gasteiger partial charge >= 0.3 is 0 Å². The van der Waals surface area contributed by atoms with Crippen LogP contribution in [0.2, 0.25) is 0 Å². The summed E-state index contributed by atoms with van der Waals surface area (Å²) in [5.74, 6) is 0. The smallest absolute Gasteiger partial charge is 0.0740 e. The molecule has 0 aliphatic heterocycles. The molecule has 0 aliphatic rings. The van der Waals surface area contributed by atoms with Crippen LogP contribution in [0.1, 0.15) is 35.5 Å². The zero-order valence-electron chi connectivity index (χ0n) is 10.5. The summed E-state index contributed by atoms with van der Waals surface area (Å²) in [4.78, 5) is 4.14. The maximum Gasteiger partial charge on any atom is 0.0740 e. The van der Waals surface area contributed by atoms with E-state index in [9.17, 15) is 0 Å². The number of hydrogen-bond donors (Lipinski definition) is 1. The number of aryl methyl sites for hydroxylation is 3. The van der Waals surface area contributed by atoms with Gasteiger partial charge in [-0.3, -0.25) is 9.67 Å². The second-order valence-electron chi connectivity index (χ2n) is 4.24. The predicted octanol–water partition coefficient (Wildman–Crippen LogP) is 1.96. The Kier molecular flexibility index (Phi) is 3.24. The van der Waals surface area contributed by atoms with E-state index < -0.39 is 0 Å². The van der Waals surface area contributed by atoms with Crippen LogP contribution in [0.15, 0.2) is 24.5 Å². The standard InChI is InChI=1S/C13H18N4/c1-4-17-12(7-10(3)16-17)13(14)11-8-15-6-5-9(11)2/h5-8,13H,4,14H2,1-3H3. The Balaban J connectivity index is 2.43. The van der Waals surface area contributed by atoms with Gasteiger partial charge in [-0.2, -0.15) is 5.10 Å².